The van der Waals surface area contributed by atoms with Crippen LogP contribution in [0.15, 0.2) is 36.9 Å². The van der Waals surface area contributed by atoms with Crippen LogP contribution in [-0.4, -0.2) is 83.0 Å². The predicted molar refractivity (Wildman–Crippen MR) is 146 cm³/mol. The standard InChI is InChI=1S/C28H35N7O4/c1-18-23(6-11-38-18)34-27(36)19-16-31-28(32-17-19)33-20-2-4-22(5-3-20)39-25-15-21(35-9-12-37-13-10-35)14-24-26(25)30-8-7-29-24/h7-8,14-18,20,22-23H,2-6,9-13H2,1H3,(H,34,36)(H,31,32,33)/t18?,20-,22+,23?. The molecular formula is C28H35N7O4. The van der Waals surface area contributed by atoms with E-state index in [1.165, 1.54) is 0 Å². The van der Waals surface area contributed by atoms with Crippen molar-refractivity contribution in [1.29, 1.82) is 0 Å². The molecule has 3 aromatic rings. The van der Waals surface area contributed by atoms with E-state index in [9.17, 15) is 4.79 Å². The van der Waals surface area contributed by atoms with Crippen molar-refractivity contribution in [2.45, 2.75) is 63.3 Å². The van der Waals surface area contributed by atoms with Crippen LogP contribution in [0.5, 0.6) is 5.75 Å². The van der Waals surface area contributed by atoms with Gasteiger partial charge < -0.3 is 29.7 Å². The molecule has 1 amide bonds. The van der Waals surface area contributed by atoms with E-state index < -0.39 is 0 Å². The first kappa shape index (κ1) is 25.7. The van der Waals surface area contributed by atoms with Gasteiger partial charge in [-0.1, -0.05) is 0 Å². The first-order valence-corrected chi connectivity index (χ1v) is 13.9. The molecule has 4 heterocycles. The molecule has 2 aliphatic heterocycles. The second kappa shape index (κ2) is 11.7. The molecule has 11 heteroatoms. The third-order valence-corrected chi connectivity index (χ3v) is 7.81. The highest BCUT2D eigenvalue weighted by molar-refractivity contribution is 5.94. The second-order valence-electron chi connectivity index (χ2n) is 10.4. The zero-order chi connectivity index (χ0) is 26.6. The summed E-state index contributed by atoms with van der Waals surface area (Å²) in [4.78, 5) is 32.7. The number of nitrogens with one attached hydrogen (secondary N) is 2. The molecule has 2 aromatic heterocycles. The Hall–Kier alpha value is -3.57. The highest BCUT2D eigenvalue weighted by Crippen LogP contribution is 2.33. The maximum absolute atomic E-state index is 12.5. The van der Waals surface area contributed by atoms with Gasteiger partial charge in [0.25, 0.3) is 5.91 Å². The summed E-state index contributed by atoms with van der Waals surface area (Å²) in [6, 6.07) is 4.45. The van der Waals surface area contributed by atoms with Crippen molar-refractivity contribution in [3.05, 3.63) is 42.5 Å². The molecule has 39 heavy (non-hydrogen) atoms. The van der Waals surface area contributed by atoms with Crippen LogP contribution in [0.2, 0.25) is 0 Å². The Labute approximate surface area is 227 Å². The summed E-state index contributed by atoms with van der Waals surface area (Å²) < 4.78 is 17.6. The fourth-order valence-electron chi connectivity index (χ4n) is 5.50. The van der Waals surface area contributed by atoms with E-state index in [1.807, 2.05) is 6.92 Å². The third kappa shape index (κ3) is 6.04. The summed E-state index contributed by atoms with van der Waals surface area (Å²) >= 11 is 0. The minimum absolute atomic E-state index is 0.0234. The van der Waals surface area contributed by atoms with Crippen LogP contribution in [0.3, 0.4) is 0 Å². The number of anilines is 2. The number of ether oxygens (including phenoxy) is 3. The molecular weight excluding hydrogens is 498 g/mol. The fraction of sp³-hybridized carbons (Fsp3) is 0.536. The summed E-state index contributed by atoms with van der Waals surface area (Å²) in [5.41, 5.74) is 3.18. The first-order chi connectivity index (χ1) is 19.1. The van der Waals surface area contributed by atoms with Gasteiger partial charge in [0.05, 0.1) is 42.5 Å². The number of benzene rings is 1. The number of hydrogen-bond donors (Lipinski definition) is 2. The highest BCUT2D eigenvalue weighted by atomic mass is 16.5. The third-order valence-electron chi connectivity index (χ3n) is 7.81. The van der Waals surface area contributed by atoms with Crippen molar-refractivity contribution in [3.63, 3.8) is 0 Å². The van der Waals surface area contributed by atoms with Crippen LogP contribution in [0.25, 0.3) is 11.0 Å². The monoisotopic (exact) mass is 533 g/mol. The number of carbonyl (C=O) groups excluding carboxylic acids is 1. The van der Waals surface area contributed by atoms with Crippen LogP contribution in [0.4, 0.5) is 11.6 Å². The molecule has 2 unspecified atom stereocenters. The number of aromatic nitrogens is 4. The van der Waals surface area contributed by atoms with Gasteiger partial charge in [0, 0.05) is 62.3 Å². The van der Waals surface area contributed by atoms with Gasteiger partial charge in [-0.3, -0.25) is 9.78 Å². The lowest BCUT2D eigenvalue weighted by molar-refractivity contribution is 0.0865. The molecule has 3 aliphatic rings. The first-order valence-electron chi connectivity index (χ1n) is 13.9. The Bertz CT molecular complexity index is 1280. The van der Waals surface area contributed by atoms with Gasteiger partial charge in [-0.15, -0.1) is 0 Å². The number of nitrogens with zero attached hydrogens (tertiary/aromatic N) is 5. The minimum atomic E-state index is -0.170. The molecule has 1 saturated carbocycles. The number of fused-ring (bicyclic) bond motifs is 1. The Morgan fingerprint density at radius 2 is 1.74 bits per heavy atom. The molecule has 2 saturated heterocycles. The number of carbonyl (C=O) groups is 1. The zero-order valence-corrected chi connectivity index (χ0v) is 22.2. The lowest BCUT2D eigenvalue weighted by Gasteiger charge is -2.31. The van der Waals surface area contributed by atoms with E-state index >= 15 is 0 Å². The van der Waals surface area contributed by atoms with Crippen LogP contribution < -0.4 is 20.3 Å². The highest BCUT2D eigenvalue weighted by Gasteiger charge is 2.27. The van der Waals surface area contributed by atoms with E-state index in [4.69, 9.17) is 14.2 Å². The molecule has 2 atom stereocenters. The van der Waals surface area contributed by atoms with E-state index in [0.717, 1.165) is 80.9 Å². The molecule has 0 radical (unpaired) electrons. The van der Waals surface area contributed by atoms with Gasteiger partial charge in [-0.25, -0.2) is 15.0 Å². The van der Waals surface area contributed by atoms with Gasteiger partial charge in [-0.2, -0.15) is 0 Å². The van der Waals surface area contributed by atoms with Gasteiger partial charge in [0.1, 0.15) is 11.3 Å². The number of amides is 1. The molecule has 0 spiro atoms. The summed E-state index contributed by atoms with van der Waals surface area (Å²) in [6.45, 7) is 5.79. The van der Waals surface area contributed by atoms with Gasteiger partial charge in [0.15, 0.2) is 0 Å². The number of hydrogen-bond acceptors (Lipinski definition) is 10. The normalized spacial score (nSPS) is 25.4. The average molecular weight is 534 g/mol. The fourth-order valence-corrected chi connectivity index (χ4v) is 5.50. The number of rotatable bonds is 7. The summed E-state index contributed by atoms with van der Waals surface area (Å²) in [5.74, 6) is 1.15. The van der Waals surface area contributed by atoms with Crippen molar-refractivity contribution in [3.8, 4) is 5.75 Å². The summed E-state index contributed by atoms with van der Waals surface area (Å²) in [7, 11) is 0. The van der Waals surface area contributed by atoms with Gasteiger partial charge in [-0.05, 0) is 45.1 Å². The van der Waals surface area contributed by atoms with Gasteiger partial charge >= 0.3 is 0 Å². The maximum atomic E-state index is 12.5. The second-order valence-corrected chi connectivity index (χ2v) is 10.4. The minimum Gasteiger partial charge on any atom is -0.488 e. The van der Waals surface area contributed by atoms with E-state index in [-0.39, 0.29) is 30.2 Å². The molecule has 1 aromatic carbocycles. The van der Waals surface area contributed by atoms with Crippen LogP contribution in [0.1, 0.15) is 49.4 Å². The van der Waals surface area contributed by atoms with Crippen molar-refractivity contribution in [2.75, 3.05) is 43.1 Å². The summed E-state index contributed by atoms with van der Waals surface area (Å²) in [6.07, 6.45) is 11.2. The molecule has 1 aliphatic carbocycles. The molecule has 3 fully saturated rings. The van der Waals surface area contributed by atoms with E-state index in [1.54, 1.807) is 24.8 Å². The molecule has 0 bridgehead atoms. The van der Waals surface area contributed by atoms with Crippen LogP contribution in [0, 0.1) is 0 Å². The topological polar surface area (TPSA) is 124 Å². The Morgan fingerprint density at radius 3 is 2.49 bits per heavy atom. The smallest absolute Gasteiger partial charge is 0.254 e. The Morgan fingerprint density at radius 1 is 0.974 bits per heavy atom. The van der Waals surface area contributed by atoms with Crippen LogP contribution in [-0.2, 0) is 9.47 Å². The van der Waals surface area contributed by atoms with Crippen molar-refractivity contribution in [2.24, 2.45) is 0 Å². The van der Waals surface area contributed by atoms with Crippen LogP contribution >= 0.6 is 0 Å². The zero-order valence-electron chi connectivity index (χ0n) is 22.2. The maximum Gasteiger partial charge on any atom is 0.254 e. The molecule has 206 valence electrons. The molecule has 11 nitrogen and oxygen atoms in total. The Kier molecular flexibility index (Phi) is 7.69. The largest absolute Gasteiger partial charge is 0.488 e. The molecule has 2 N–H and O–H groups in total. The predicted octanol–water partition coefficient (Wildman–Crippen LogP) is 2.97. The van der Waals surface area contributed by atoms with Crippen molar-refractivity contribution in [1.82, 2.24) is 25.3 Å². The quantitative estimate of drug-likeness (QED) is 0.468. The number of morpholine rings is 1. The lowest BCUT2D eigenvalue weighted by atomic mass is 9.93. The van der Waals surface area contributed by atoms with E-state index in [2.05, 4.69) is 47.6 Å². The van der Waals surface area contributed by atoms with Crippen molar-refractivity contribution < 1.29 is 19.0 Å². The Balaban J connectivity index is 1.04. The van der Waals surface area contributed by atoms with E-state index in [0.29, 0.717) is 18.1 Å². The lowest BCUT2D eigenvalue weighted by Crippen LogP contribution is -2.39. The summed E-state index contributed by atoms with van der Waals surface area (Å²) in [5, 5.41) is 6.43. The SMILES string of the molecule is CC1OCCC1NC(=O)c1cnc(N[C@H]2CC[C@@H](Oc3cc(N4CCOCC4)cc4nccnc34)CC2)nc1. The molecule has 6 rings (SSSR count). The van der Waals surface area contributed by atoms with Crippen molar-refractivity contribution >= 4 is 28.6 Å². The average Bonchev–Trinajstić information content (AvgIpc) is 3.38. The van der Waals surface area contributed by atoms with Gasteiger partial charge in [0.2, 0.25) is 5.95 Å².